The number of nitrogens with one attached hydrogen (secondary N) is 1. The number of hydrogen-bond acceptors (Lipinski definition) is 2. The molecule has 2 amide bonds. The van der Waals surface area contributed by atoms with Crippen LogP contribution < -0.4 is 5.32 Å². The molecule has 0 radical (unpaired) electrons. The summed E-state index contributed by atoms with van der Waals surface area (Å²) in [5, 5.41) is 11.7. The van der Waals surface area contributed by atoms with Gasteiger partial charge in [0.25, 0.3) is 0 Å². The lowest BCUT2D eigenvalue weighted by Gasteiger charge is -2.26. The van der Waals surface area contributed by atoms with Crippen LogP contribution in [-0.2, 0) is 0 Å². The van der Waals surface area contributed by atoms with Gasteiger partial charge in [0.2, 0.25) is 0 Å². The molecule has 2 N–H and O–H groups in total. The first-order chi connectivity index (χ1) is 6.40. The molecule has 0 aromatic carbocycles. The topological polar surface area (TPSA) is 52.6 Å². The van der Waals surface area contributed by atoms with Gasteiger partial charge < -0.3 is 15.3 Å². The summed E-state index contributed by atoms with van der Waals surface area (Å²) in [5.74, 6) is 0.414. The van der Waals surface area contributed by atoms with Crippen LogP contribution in [0.4, 0.5) is 4.79 Å². The van der Waals surface area contributed by atoms with Crippen molar-refractivity contribution in [3.63, 3.8) is 0 Å². The lowest BCUT2D eigenvalue weighted by Crippen LogP contribution is -2.48. The summed E-state index contributed by atoms with van der Waals surface area (Å²) in [6, 6.07) is -0.127. The Bertz CT molecular complexity index is 183. The Balaban J connectivity index is 4.07. The summed E-state index contributed by atoms with van der Waals surface area (Å²) in [7, 11) is 1.68. The predicted molar refractivity (Wildman–Crippen MR) is 57.1 cm³/mol. The Morgan fingerprint density at radius 3 is 2.21 bits per heavy atom. The fourth-order valence-corrected chi connectivity index (χ4v) is 0.786. The van der Waals surface area contributed by atoms with Crippen LogP contribution in [0.15, 0.2) is 0 Å². The maximum Gasteiger partial charge on any atom is 0.317 e. The normalized spacial score (nSPS) is 15.1. The van der Waals surface area contributed by atoms with Crippen molar-refractivity contribution in [2.24, 2.45) is 5.92 Å². The van der Waals surface area contributed by atoms with E-state index in [-0.39, 0.29) is 24.7 Å². The number of aliphatic hydroxyl groups excluding tert-OH is 1. The quantitative estimate of drug-likeness (QED) is 0.716. The maximum absolute atomic E-state index is 11.6. The van der Waals surface area contributed by atoms with Crippen molar-refractivity contribution in [3.8, 4) is 0 Å². The van der Waals surface area contributed by atoms with Gasteiger partial charge in [-0.2, -0.15) is 0 Å². The number of carbonyl (C=O) groups is 1. The van der Waals surface area contributed by atoms with Gasteiger partial charge in [-0.15, -0.1) is 0 Å². The van der Waals surface area contributed by atoms with Gasteiger partial charge in [-0.1, -0.05) is 13.8 Å². The number of likely N-dealkylation sites (N-methyl/N-ethyl adjacent to an activating group) is 1. The Morgan fingerprint density at radius 1 is 1.36 bits per heavy atom. The molecule has 0 aromatic rings. The molecule has 2 atom stereocenters. The van der Waals surface area contributed by atoms with Crippen molar-refractivity contribution >= 4 is 6.03 Å². The monoisotopic (exact) mass is 202 g/mol. The third-order valence-electron chi connectivity index (χ3n) is 2.60. The van der Waals surface area contributed by atoms with E-state index >= 15 is 0 Å². The van der Waals surface area contributed by atoms with Crippen LogP contribution in [0.25, 0.3) is 0 Å². The van der Waals surface area contributed by atoms with E-state index in [1.807, 2.05) is 6.92 Å². The third-order valence-corrected chi connectivity index (χ3v) is 2.60. The van der Waals surface area contributed by atoms with Gasteiger partial charge in [-0.3, -0.25) is 0 Å². The summed E-state index contributed by atoms with van der Waals surface area (Å²) >= 11 is 0. The SMILES string of the molecule is CC(C)C(C)NC(=O)N(C)C(C)CO. The van der Waals surface area contributed by atoms with Crippen molar-refractivity contribution < 1.29 is 9.90 Å². The molecule has 0 aliphatic heterocycles. The first-order valence-electron chi connectivity index (χ1n) is 5.04. The lowest BCUT2D eigenvalue weighted by molar-refractivity contribution is 0.153. The Hall–Kier alpha value is -0.770. The van der Waals surface area contributed by atoms with Gasteiger partial charge in [0.15, 0.2) is 0 Å². The standard InChI is InChI=1S/C10H22N2O2/c1-7(2)9(4)11-10(14)12(5)8(3)6-13/h7-9,13H,6H2,1-5H3,(H,11,14). The highest BCUT2D eigenvalue weighted by Crippen LogP contribution is 2.02. The molecule has 0 saturated heterocycles. The molecule has 0 rings (SSSR count). The zero-order valence-corrected chi connectivity index (χ0v) is 9.74. The molecule has 84 valence electrons. The first-order valence-corrected chi connectivity index (χ1v) is 5.04. The summed E-state index contributed by atoms with van der Waals surface area (Å²) in [5.41, 5.74) is 0. The van der Waals surface area contributed by atoms with Crippen LogP contribution in [0.3, 0.4) is 0 Å². The van der Waals surface area contributed by atoms with Gasteiger partial charge in [0.1, 0.15) is 0 Å². The molecule has 0 saturated carbocycles. The summed E-state index contributed by atoms with van der Waals surface area (Å²) in [6.45, 7) is 7.88. The number of amides is 2. The minimum Gasteiger partial charge on any atom is -0.394 e. The van der Waals surface area contributed by atoms with Crippen LogP contribution in [0.1, 0.15) is 27.7 Å². The van der Waals surface area contributed by atoms with Crippen molar-refractivity contribution in [1.29, 1.82) is 0 Å². The largest absolute Gasteiger partial charge is 0.394 e. The van der Waals surface area contributed by atoms with Crippen molar-refractivity contribution in [1.82, 2.24) is 10.2 Å². The van der Waals surface area contributed by atoms with Gasteiger partial charge in [0.05, 0.1) is 12.6 Å². The van der Waals surface area contributed by atoms with E-state index in [9.17, 15) is 4.79 Å². The van der Waals surface area contributed by atoms with Crippen molar-refractivity contribution in [2.45, 2.75) is 39.8 Å². The molecule has 0 spiro atoms. The second-order valence-electron chi connectivity index (χ2n) is 4.12. The minimum atomic E-state index is -0.144. The second kappa shape index (κ2) is 5.86. The number of nitrogens with zero attached hydrogens (tertiary/aromatic N) is 1. The highest BCUT2D eigenvalue weighted by atomic mass is 16.3. The average molecular weight is 202 g/mol. The molecule has 0 aliphatic carbocycles. The maximum atomic E-state index is 11.6. The van der Waals surface area contributed by atoms with E-state index < -0.39 is 0 Å². The molecule has 4 heteroatoms. The molecule has 0 heterocycles. The number of urea groups is 1. The highest BCUT2D eigenvalue weighted by Gasteiger charge is 2.17. The van der Waals surface area contributed by atoms with Crippen molar-refractivity contribution in [2.75, 3.05) is 13.7 Å². The fraction of sp³-hybridized carbons (Fsp3) is 0.900. The molecule has 0 bridgehead atoms. The first kappa shape index (κ1) is 13.2. The molecule has 4 nitrogen and oxygen atoms in total. The molecular formula is C10H22N2O2. The summed E-state index contributed by atoms with van der Waals surface area (Å²) < 4.78 is 0. The van der Waals surface area contributed by atoms with E-state index in [4.69, 9.17) is 5.11 Å². The molecular weight excluding hydrogens is 180 g/mol. The Kier molecular flexibility index (Phi) is 5.53. The van der Waals surface area contributed by atoms with Gasteiger partial charge in [0, 0.05) is 13.1 Å². The van der Waals surface area contributed by atoms with E-state index in [1.165, 1.54) is 4.90 Å². The van der Waals surface area contributed by atoms with E-state index in [0.29, 0.717) is 5.92 Å². The summed E-state index contributed by atoms with van der Waals surface area (Å²) in [4.78, 5) is 13.1. The van der Waals surface area contributed by atoms with Crippen LogP contribution in [0.5, 0.6) is 0 Å². The average Bonchev–Trinajstić information content (AvgIpc) is 2.14. The number of aliphatic hydroxyl groups is 1. The third kappa shape index (κ3) is 3.96. The van der Waals surface area contributed by atoms with Gasteiger partial charge in [-0.05, 0) is 19.8 Å². The predicted octanol–water partition coefficient (Wildman–Crippen LogP) is 1.05. The van der Waals surface area contributed by atoms with Gasteiger partial charge >= 0.3 is 6.03 Å². The van der Waals surface area contributed by atoms with E-state index in [0.717, 1.165) is 0 Å². The Labute approximate surface area is 86.3 Å². The fourth-order valence-electron chi connectivity index (χ4n) is 0.786. The molecule has 2 unspecified atom stereocenters. The Morgan fingerprint density at radius 2 is 1.86 bits per heavy atom. The second-order valence-corrected chi connectivity index (χ2v) is 4.12. The van der Waals surface area contributed by atoms with E-state index in [1.54, 1.807) is 14.0 Å². The van der Waals surface area contributed by atoms with Crippen molar-refractivity contribution in [3.05, 3.63) is 0 Å². The van der Waals surface area contributed by atoms with Crippen LogP contribution >= 0.6 is 0 Å². The molecule has 14 heavy (non-hydrogen) atoms. The molecule has 0 aromatic heterocycles. The lowest BCUT2D eigenvalue weighted by atomic mass is 10.1. The number of rotatable bonds is 4. The minimum absolute atomic E-state index is 0.0139. The van der Waals surface area contributed by atoms with Gasteiger partial charge in [-0.25, -0.2) is 4.79 Å². The van der Waals surface area contributed by atoms with Crippen LogP contribution in [0.2, 0.25) is 0 Å². The highest BCUT2D eigenvalue weighted by molar-refractivity contribution is 5.74. The summed E-state index contributed by atoms with van der Waals surface area (Å²) in [6.07, 6.45) is 0. The van der Waals surface area contributed by atoms with E-state index in [2.05, 4.69) is 19.2 Å². The molecule has 0 aliphatic rings. The molecule has 0 fully saturated rings. The zero-order chi connectivity index (χ0) is 11.3. The van der Waals surface area contributed by atoms with Crippen LogP contribution in [-0.4, -0.2) is 41.8 Å². The van der Waals surface area contributed by atoms with Crippen LogP contribution in [0, 0.1) is 5.92 Å². The zero-order valence-electron chi connectivity index (χ0n) is 9.74. The number of hydrogen-bond donors (Lipinski definition) is 2. The smallest absolute Gasteiger partial charge is 0.317 e. The number of carbonyl (C=O) groups excluding carboxylic acids is 1.